The summed E-state index contributed by atoms with van der Waals surface area (Å²) in [7, 11) is 0. The van der Waals surface area contributed by atoms with Gasteiger partial charge in [-0.1, -0.05) is 37.3 Å². The highest BCUT2D eigenvalue weighted by molar-refractivity contribution is 5.55. The fourth-order valence-electron chi connectivity index (χ4n) is 2.43. The van der Waals surface area contributed by atoms with Crippen LogP contribution in [0.3, 0.4) is 0 Å². The number of hydrogen-bond acceptors (Lipinski definition) is 4. The van der Waals surface area contributed by atoms with Crippen molar-refractivity contribution in [3.63, 3.8) is 0 Å². The number of β-amino-alcohol motifs (C(OH)–C–C–N with tert-alkyl or cyclic N) is 1. The summed E-state index contributed by atoms with van der Waals surface area (Å²) >= 11 is 0. The lowest BCUT2D eigenvalue weighted by Gasteiger charge is -2.45. The number of nitrogens with zero attached hydrogens (tertiary/aromatic N) is 2. The second-order valence-electron chi connectivity index (χ2n) is 5.21. The highest BCUT2D eigenvalue weighted by atomic mass is 16.4. The number of aliphatic hydroxyl groups is 1. The predicted molar refractivity (Wildman–Crippen MR) is 72.5 cm³/mol. The third kappa shape index (κ3) is 2.55. The molecule has 2 heterocycles. The van der Waals surface area contributed by atoms with Gasteiger partial charge in [0.1, 0.15) is 0 Å². The van der Waals surface area contributed by atoms with Gasteiger partial charge in [0.25, 0.3) is 0 Å². The minimum atomic E-state index is -0.505. The van der Waals surface area contributed by atoms with Crippen molar-refractivity contribution < 1.29 is 9.52 Å². The van der Waals surface area contributed by atoms with E-state index in [1.54, 1.807) is 6.20 Å². The van der Waals surface area contributed by atoms with Gasteiger partial charge in [0.15, 0.2) is 5.76 Å². The summed E-state index contributed by atoms with van der Waals surface area (Å²) in [5.74, 6) is 1.50. The van der Waals surface area contributed by atoms with E-state index < -0.39 is 5.60 Å². The topological polar surface area (TPSA) is 49.5 Å². The van der Waals surface area contributed by atoms with Crippen LogP contribution in [0.4, 0.5) is 0 Å². The summed E-state index contributed by atoms with van der Waals surface area (Å²) in [5, 5.41) is 9.96. The van der Waals surface area contributed by atoms with E-state index in [0.29, 0.717) is 25.5 Å². The van der Waals surface area contributed by atoms with Crippen LogP contribution in [0.15, 0.2) is 40.9 Å². The largest absolute Gasteiger partial charge is 0.439 e. The molecular weight excluding hydrogens is 240 g/mol. The molecule has 4 heteroatoms. The molecule has 0 amide bonds. The number of aromatic nitrogens is 1. The third-order valence-electron chi connectivity index (χ3n) is 3.66. The molecule has 1 N–H and O–H groups in total. The zero-order valence-corrected chi connectivity index (χ0v) is 11.0. The highest BCUT2D eigenvalue weighted by Gasteiger charge is 2.39. The first-order valence-electron chi connectivity index (χ1n) is 6.63. The van der Waals surface area contributed by atoms with Gasteiger partial charge in [-0.25, -0.2) is 4.98 Å². The molecule has 0 saturated carbocycles. The Labute approximate surface area is 112 Å². The van der Waals surface area contributed by atoms with Crippen molar-refractivity contribution in [2.24, 2.45) is 0 Å². The molecule has 0 radical (unpaired) electrons. The summed E-state index contributed by atoms with van der Waals surface area (Å²) in [6.07, 6.45) is 2.56. The average molecular weight is 258 g/mol. The summed E-state index contributed by atoms with van der Waals surface area (Å²) in [6.45, 7) is 4.07. The van der Waals surface area contributed by atoms with Gasteiger partial charge in [0, 0.05) is 18.7 Å². The Morgan fingerprint density at radius 1 is 1.32 bits per heavy atom. The Kier molecular flexibility index (Phi) is 3.12. The van der Waals surface area contributed by atoms with Gasteiger partial charge in [0.2, 0.25) is 5.89 Å². The first-order chi connectivity index (χ1) is 9.18. The van der Waals surface area contributed by atoms with Crippen molar-refractivity contribution in [2.75, 3.05) is 13.1 Å². The maximum atomic E-state index is 9.96. The summed E-state index contributed by atoms with van der Waals surface area (Å²) in [4.78, 5) is 6.44. The van der Waals surface area contributed by atoms with Crippen molar-refractivity contribution >= 4 is 0 Å². The van der Waals surface area contributed by atoms with Gasteiger partial charge in [-0.15, -0.1) is 0 Å². The van der Waals surface area contributed by atoms with Crippen LogP contribution in [-0.4, -0.2) is 33.7 Å². The standard InChI is InChI=1S/C15H18N2O2/c1-2-15(18)10-17(11-15)9-14-16-8-13(19-14)12-6-4-3-5-7-12/h3-8,18H,2,9-11H2,1H3. The van der Waals surface area contributed by atoms with E-state index >= 15 is 0 Å². The molecule has 1 aromatic carbocycles. The monoisotopic (exact) mass is 258 g/mol. The summed E-state index contributed by atoms with van der Waals surface area (Å²) in [6, 6.07) is 9.95. The summed E-state index contributed by atoms with van der Waals surface area (Å²) in [5.41, 5.74) is 0.532. The van der Waals surface area contributed by atoms with Crippen LogP contribution >= 0.6 is 0 Å². The van der Waals surface area contributed by atoms with Crippen LogP contribution in [0.1, 0.15) is 19.2 Å². The molecule has 0 spiro atoms. The zero-order chi connectivity index (χ0) is 13.3. The fraction of sp³-hybridized carbons (Fsp3) is 0.400. The van der Waals surface area contributed by atoms with Crippen LogP contribution in [-0.2, 0) is 6.54 Å². The van der Waals surface area contributed by atoms with E-state index in [1.807, 2.05) is 37.3 Å². The van der Waals surface area contributed by atoms with Crippen molar-refractivity contribution in [1.82, 2.24) is 9.88 Å². The third-order valence-corrected chi connectivity index (χ3v) is 3.66. The van der Waals surface area contributed by atoms with E-state index in [4.69, 9.17) is 4.42 Å². The van der Waals surface area contributed by atoms with Gasteiger partial charge in [-0.2, -0.15) is 0 Å². The van der Waals surface area contributed by atoms with Crippen LogP contribution in [0, 0.1) is 0 Å². The Morgan fingerprint density at radius 3 is 2.74 bits per heavy atom. The predicted octanol–water partition coefficient (Wildman–Crippen LogP) is 2.30. The van der Waals surface area contributed by atoms with Crippen LogP contribution in [0.25, 0.3) is 11.3 Å². The molecule has 2 aromatic rings. The van der Waals surface area contributed by atoms with Gasteiger partial charge >= 0.3 is 0 Å². The van der Waals surface area contributed by atoms with E-state index in [9.17, 15) is 5.11 Å². The minimum Gasteiger partial charge on any atom is -0.439 e. The van der Waals surface area contributed by atoms with Crippen molar-refractivity contribution in [3.8, 4) is 11.3 Å². The quantitative estimate of drug-likeness (QED) is 0.914. The van der Waals surface area contributed by atoms with Gasteiger partial charge in [0.05, 0.1) is 18.3 Å². The number of rotatable bonds is 4. The number of benzene rings is 1. The molecule has 0 aliphatic carbocycles. The second-order valence-corrected chi connectivity index (χ2v) is 5.21. The molecule has 4 nitrogen and oxygen atoms in total. The number of oxazole rings is 1. The van der Waals surface area contributed by atoms with Gasteiger partial charge in [-0.3, -0.25) is 4.90 Å². The smallest absolute Gasteiger partial charge is 0.209 e. The molecular formula is C15H18N2O2. The average Bonchev–Trinajstić information content (AvgIpc) is 2.86. The summed E-state index contributed by atoms with van der Waals surface area (Å²) < 4.78 is 5.74. The molecule has 1 aliphatic rings. The normalized spacial score (nSPS) is 18.2. The molecule has 3 rings (SSSR count). The highest BCUT2D eigenvalue weighted by Crippen LogP contribution is 2.26. The Morgan fingerprint density at radius 2 is 2.05 bits per heavy atom. The maximum absolute atomic E-state index is 9.96. The van der Waals surface area contributed by atoms with Gasteiger partial charge in [-0.05, 0) is 6.42 Å². The Balaban J connectivity index is 1.64. The zero-order valence-electron chi connectivity index (χ0n) is 11.0. The van der Waals surface area contributed by atoms with Crippen molar-refractivity contribution in [2.45, 2.75) is 25.5 Å². The first kappa shape index (κ1) is 12.4. The maximum Gasteiger partial charge on any atom is 0.209 e. The van der Waals surface area contributed by atoms with Crippen LogP contribution in [0.2, 0.25) is 0 Å². The lowest BCUT2D eigenvalue weighted by atomic mass is 9.91. The Bertz CT molecular complexity index is 544. The van der Waals surface area contributed by atoms with E-state index in [2.05, 4.69) is 9.88 Å². The molecule has 1 saturated heterocycles. The molecule has 0 unspecified atom stereocenters. The number of hydrogen-bond donors (Lipinski definition) is 1. The second kappa shape index (κ2) is 4.79. The molecule has 1 aromatic heterocycles. The molecule has 1 fully saturated rings. The minimum absolute atomic E-state index is 0.505. The van der Waals surface area contributed by atoms with E-state index in [0.717, 1.165) is 17.7 Å². The van der Waals surface area contributed by atoms with Crippen molar-refractivity contribution in [1.29, 1.82) is 0 Å². The molecule has 19 heavy (non-hydrogen) atoms. The Hall–Kier alpha value is -1.65. The molecule has 0 atom stereocenters. The van der Waals surface area contributed by atoms with E-state index in [-0.39, 0.29) is 0 Å². The van der Waals surface area contributed by atoms with Crippen molar-refractivity contribution in [3.05, 3.63) is 42.4 Å². The van der Waals surface area contributed by atoms with Crippen LogP contribution < -0.4 is 0 Å². The lowest BCUT2D eigenvalue weighted by molar-refractivity contribution is -0.105. The fourth-order valence-corrected chi connectivity index (χ4v) is 2.43. The molecule has 1 aliphatic heterocycles. The van der Waals surface area contributed by atoms with Crippen LogP contribution in [0.5, 0.6) is 0 Å². The SMILES string of the molecule is CCC1(O)CN(Cc2ncc(-c3ccccc3)o2)C1. The first-order valence-corrected chi connectivity index (χ1v) is 6.63. The molecule has 0 bridgehead atoms. The van der Waals surface area contributed by atoms with E-state index in [1.165, 1.54) is 0 Å². The van der Waals surface area contributed by atoms with Gasteiger partial charge < -0.3 is 9.52 Å². The molecule has 100 valence electrons. The number of likely N-dealkylation sites (tertiary alicyclic amines) is 1. The lowest BCUT2D eigenvalue weighted by Crippen LogP contribution is -2.60.